The Balaban J connectivity index is 2.23. The van der Waals surface area contributed by atoms with Crippen molar-refractivity contribution in [3.63, 3.8) is 0 Å². The molecule has 1 heterocycles. The Morgan fingerprint density at radius 1 is 1.00 bits per heavy atom. The van der Waals surface area contributed by atoms with Gasteiger partial charge in [0, 0.05) is 5.92 Å². The van der Waals surface area contributed by atoms with Crippen LogP contribution in [0.5, 0.6) is 0 Å². The van der Waals surface area contributed by atoms with Crippen LogP contribution in [0.1, 0.15) is 57.7 Å². The van der Waals surface area contributed by atoms with Gasteiger partial charge in [-0.25, -0.2) is 0 Å². The molecule has 3 nitrogen and oxygen atoms in total. The van der Waals surface area contributed by atoms with Gasteiger partial charge in [-0.05, 0) is 36.8 Å². The SMILES string of the molecule is CC(C)c1ccc(C(NN)C2C(C)OC(C)C2C)cc1. The van der Waals surface area contributed by atoms with E-state index in [0.717, 1.165) is 0 Å². The van der Waals surface area contributed by atoms with Crippen molar-refractivity contribution in [1.29, 1.82) is 0 Å². The molecular weight excluding hydrogens is 248 g/mol. The van der Waals surface area contributed by atoms with Crippen LogP contribution in [0.25, 0.3) is 0 Å². The van der Waals surface area contributed by atoms with E-state index in [9.17, 15) is 0 Å². The van der Waals surface area contributed by atoms with E-state index in [1.807, 2.05) is 0 Å². The first-order valence-corrected chi connectivity index (χ1v) is 7.67. The van der Waals surface area contributed by atoms with Gasteiger partial charge in [0.2, 0.25) is 0 Å². The molecule has 0 bridgehead atoms. The van der Waals surface area contributed by atoms with Crippen molar-refractivity contribution in [3.8, 4) is 0 Å². The number of benzene rings is 1. The maximum absolute atomic E-state index is 5.96. The van der Waals surface area contributed by atoms with Gasteiger partial charge in [0.25, 0.3) is 0 Å². The zero-order valence-electron chi connectivity index (χ0n) is 13.3. The second-order valence-electron chi connectivity index (χ2n) is 6.45. The molecule has 0 aliphatic carbocycles. The minimum Gasteiger partial charge on any atom is -0.375 e. The zero-order chi connectivity index (χ0) is 14.9. The summed E-state index contributed by atoms with van der Waals surface area (Å²) in [7, 11) is 0. The molecule has 2 rings (SSSR count). The van der Waals surface area contributed by atoms with E-state index in [4.69, 9.17) is 10.6 Å². The average Bonchev–Trinajstić information content (AvgIpc) is 2.67. The summed E-state index contributed by atoms with van der Waals surface area (Å²) in [6.07, 6.45) is 0.520. The lowest BCUT2D eigenvalue weighted by atomic mass is 9.80. The van der Waals surface area contributed by atoms with Crippen molar-refractivity contribution in [2.24, 2.45) is 17.7 Å². The number of ether oxygens (including phenoxy) is 1. The molecule has 5 unspecified atom stereocenters. The van der Waals surface area contributed by atoms with Gasteiger partial charge in [0.05, 0.1) is 18.2 Å². The fraction of sp³-hybridized carbons (Fsp3) is 0.647. The van der Waals surface area contributed by atoms with Gasteiger partial charge in [-0.15, -0.1) is 0 Å². The molecule has 0 saturated carbocycles. The van der Waals surface area contributed by atoms with Crippen molar-refractivity contribution in [2.75, 3.05) is 0 Å². The fourth-order valence-corrected chi connectivity index (χ4v) is 3.39. The summed E-state index contributed by atoms with van der Waals surface area (Å²) >= 11 is 0. The molecule has 112 valence electrons. The second kappa shape index (κ2) is 6.25. The van der Waals surface area contributed by atoms with Gasteiger partial charge in [0.1, 0.15) is 0 Å². The van der Waals surface area contributed by atoms with Crippen molar-refractivity contribution in [2.45, 2.75) is 58.8 Å². The van der Waals surface area contributed by atoms with Crippen LogP contribution in [-0.2, 0) is 4.74 Å². The monoisotopic (exact) mass is 276 g/mol. The number of hydrogen-bond donors (Lipinski definition) is 2. The highest BCUT2D eigenvalue weighted by Gasteiger charge is 2.41. The summed E-state index contributed by atoms with van der Waals surface area (Å²) in [5.41, 5.74) is 5.62. The molecule has 1 aliphatic heterocycles. The molecule has 1 aromatic rings. The maximum Gasteiger partial charge on any atom is 0.0601 e. The Morgan fingerprint density at radius 3 is 1.95 bits per heavy atom. The summed E-state index contributed by atoms with van der Waals surface area (Å²) in [4.78, 5) is 0. The first kappa shape index (κ1) is 15.5. The first-order chi connectivity index (χ1) is 9.45. The lowest BCUT2D eigenvalue weighted by Gasteiger charge is -2.29. The van der Waals surface area contributed by atoms with E-state index in [1.165, 1.54) is 11.1 Å². The molecule has 5 atom stereocenters. The summed E-state index contributed by atoms with van der Waals surface area (Å²) < 4.78 is 5.96. The third-order valence-corrected chi connectivity index (χ3v) is 4.85. The number of hydrazine groups is 1. The lowest BCUT2D eigenvalue weighted by molar-refractivity contribution is 0.0475. The number of nitrogens with two attached hydrogens (primary N) is 1. The molecule has 0 amide bonds. The van der Waals surface area contributed by atoms with Crippen molar-refractivity contribution in [3.05, 3.63) is 35.4 Å². The van der Waals surface area contributed by atoms with Gasteiger partial charge in [-0.3, -0.25) is 11.3 Å². The molecule has 1 fully saturated rings. The standard InChI is InChI=1S/C17H28N2O/c1-10(2)14-6-8-15(9-7-14)17(19-18)16-11(3)12(4)20-13(16)5/h6-13,16-17,19H,18H2,1-5H3. The molecule has 0 radical (unpaired) electrons. The predicted octanol–water partition coefficient (Wildman–Crippen LogP) is 3.37. The van der Waals surface area contributed by atoms with Crippen molar-refractivity contribution >= 4 is 0 Å². The molecule has 1 aliphatic rings. The maximum atomic E-state index is 5.96. The van der Waals surface area contributed by atoms with Crippen LogP contribution in [0.15, 0.2) is 24.3 Å². The van der Waals surface area contributed by atoms with E-state index in [-0.39, 0.29) is 12.1 Å². The van der Waals surface area contributed by atoms with Gasteiger partial charge in [0.15, 0.2) is 0 Å². The highest BCUT2D eigenvalue weighted by Crippen LogP contribution is 2.40. The molecular formula is C17H28N2O. The highest BCUT2D eigenvalue weighted by atomic mass is 16.5. The Morgan fingerprint density at radius 2 is 1.55 bits per heavy atom. The van der Waals surface area contributed by atoms with Crippen LogP contribution < -0.4 is 11.3 Å². The highest BCUT2D eigenvalue weighted by molar-refractivity contribution is 5.27. The molecule has 1 saturated heterocycles. The first-order valence-electron chi connectivity index (χ1n) is 7.67. The van der Waals surface area contributed by atoms with Crippen LogP contribution in [0.3, 0.4) is 0 Å². The van der Waals surface area contributed by atoms with E-state index >= 15 is 0 Å². The normalized spacial score (nSPS) is 31.8. The largest absolute Gasteiger partial charge is 0.375 e. The van der Waals surface area contributed by atoms with Gasteiger partial charge in [-0.1, -0.05) is 45.0 Å². The van der Waals surface area contributed by atoms with Crippen molar-refractivity contribution in [1.82, 2.24) is 5.43 Å². The Kier molecular flexibility index (Phi) is 4.84. The Bertz CT molecular complexity index is 429. The minimum absolute atomic E-state index is 0.145. The third-order valence-electron chi connectivity index (χ3n) is 4.85. The van der Waals surface area contributed by atoms with Crippen molar-refractivity contribution < 1.29 is 4.74 Å². The quantitative estimate of drug-likeness (QED) is 0.654. The van der Waals surface area contributed by atoms with E-state index < -0.39 is 0 Å². The van der Waals surface area contributed by atoms with Crippen LogP contribution in [0, 0.1) is 11.8 Å². The number of nitrogens with one attached hydrogen (secondary N) is 1. The second-order valence-corrected chi connectivity index (χ2v) is 6.45. The van der Waals surface area contributed by atoms with E-state index in [1.54, 1.807) is 0 Å². The third kappa shape index (κ3) is 2.90. The molecule has 3 N–H and O–H groups in total. The minimum atomic E-state index is 0.145. The fourth-order valence-electron chi connectivity index (χ4n) is 3.39. The number of hydrogen-bond acceptors (Lipinski definition) is 3. The van der Waals surface area contributed by atoms with Crippen LogP contribution >= 0.6 is 0 Å². The number of rotatable bonds is 4. The molecule has 0 spiro atoms. The smallest absolute Gasteiger partial charge is 0.0601 e. The molecule has 20 heavy (non-hydrogen) atoms. The summed E-state index contributed by atoms with van der Waals surface area (Å²) in [6, 6.07) is 8.95. The average molecular weight is 276 g/mol. The Labute approximate surface area is 122 Å². The van der Waals surface area contributed by atoms with Gasteiger partial charge in [-0.2, -0.15) is 0 Å². The van der Waals surface area contributed by atoms with E-state index in [2.05, 4.69) is 64.3 Å². The molecule has 1 aromatic carbocycles. The summed E-state index contributed by atoms with van der Waals surface area (Å²) in [6.45, 7) is 11.0. The van der Waals surface area contributed by atoms with Gasteiger partial charge >= 0.3 is 0 Å². The van der Waals surface area contributed by atoms with Crippen LogP contribution in [-0.4, -0.2) is 12.2 Å². The lowest BCUT2D eigenvalue weighted by Crippen LogP contribution is -2.38. The van der Waals surface area contributed by atoms with Crippen LogP contribution in [0.2, 0.25) is 0 Å². The zero-order valence-corrected chi connectivity index (χ0v) is 13.3. The summed E-state index contributed by atoms with van der Waals surface area (Å²) in [5.74, 6) is 7.30. The molecule has 0 aromatic heterocycles. The summed E-state index contributed by atoms with van der Waals surface area (Å²) in [5, 5.41) is 0. The van der Waals surface area contributed by atoms with E-state index in [0.29, 0.717) is 23.9 Å². The van der Waals surface area contributed by atoms with Gasteiger partial charge < -0.3 is 4.74 Å². The Hall–Kier alpha value is -0.900. The van der Waals surface area contributed by atoms with Crippen LogP contribution in [0.4, 0.5) is 0 Å². The predicted molar refractivity (Wildman–Crippen MR) is 83.3 cm³/mol. The molecule has 3 heteroatoms. The topological polar surface area (TPSA) is 47.3 Å².